The first-order chi connectivity index (χ1) is 18.8. The van der Waals surface area contributed by atoms with Crippen molar-refractivity contribution >= 4 is 40.4 Å². The molecule has 1 aliphatic heterocycles. The molecule has 0 spiro atoms. The summed E-state index contributed by atoms with van der Waals surface area (Å²) in [7, 11) is 1.54. The van der Waals surface area contributed by atoms with E-state index in [1.807, 2.05) is 19.9 Å². The lowest BCUT2D eigenvalue weighted by molar-refractivity contribution is -0.156. The Morgan fingerprint density at radius 1 is 1.10 bits per heavy atom. The number of nitrogens with one attached hydrogen (secondary N) is 4. The van der Waals surface area contributed by atoms with Gasteiger partial charge in [-0.15, -0.1) is 0 Å². The molecule has 1 aliphatic rings. The van der Waals surface area contributed by atoms with Gasteiger partial charge in [-0.05, 0) is 64.2 Å². The minimum atomic E-state index is -1.07. The van der Waals surface area contributed by atoms with Crippen molar-refractivity contribution in [3.8, 4) is 5.75 Å². The van der Waals surface area contributed by atoms with Crippen LogP contribution in [0, 0.1) is 17.3 Å². The lowest BCUT2D eigenvalue weighted by atomic mass is 9.94. The molecule has 3 amide bonds. The van der Waals surface area contributed by atoms with Crippen molar-refractivity contribution in [2.75, 3.05) is 20.3 Å². The monoisotopic (exact) mass is 556 g/mol. The number of H-pyrrole nitrogens is 1. The van der Waals surface area contributed by atoms with Gasteiger partial charge in [0.25, 0.3) is 5.91 Å². The number of methoxy groups -OCH3 is 1. The van der Waals surface area contributed by atoms with E-state index in [9.17, 15) is 24.0 Å². The van der Waals surface area contributed by atoms with Crippen molar-refractivity contribution in [3.63, 3.8) is 0 Å². The largest absolute Gasteiger partial charge is 0.496 e. The molecule has 218 valence electrons. The number of carbonyl (C=O) groups excluding carboxylic acids is 5. The smallest absolute Gasteiger partial charge is 0.311 e. The molecular formula is C29H40N4O7. The van der Waals surface area contributed by atoms with Crippen LogP contribution in [0.2, 0.25) is 0 Å². The highest BCUT2D eigenvalue weighted by molar-refractivity contribution is 6.02. The molecule has 3 atom stereocenters. The summed E-state index contributed by atoms with van der Waals surface area (Å²) < 4.78 is 10.6. The van der Waals surface area contributed by atoms with Crippen LogP contribution in [0.3, 0.4) is 0 Å². The zero-order valence-electron chi connectivity index (χ0n) is 24.0. The highest BCUT2D eigenvalue weighted by Crippen LogP contribution is 2.26. The van der Waals surface area contributed by atoms with Crippen LogP contribution in [0.15, 0.2) is 24.3 Å². The van der Waals surface area contributed by atoms with Crippen LogP contribution in [0.25, 0.3) is 10.9 Å². The summed E-state index contributed by atoms with van der Waals surface area (Å²) in [4.78, 5) is 67.3. The highest BCUT2D eigenvalue weighted by atomic mass is 16.5. The third kappa shape index (κ3) is 7.83. The van der Waals surface area contributed by atoms with Gasteiger partial charge in [0.05, 0.1) is 18.6 Å². The van der Waals surface area contributed by atoms with Gasteiger partial charge in [0.2, 0.25) is 11.8 Å². The van der Waals surface area contributed by atoms with E-state index in [1.54, 1.807) is 46.1 Å². The second-order valence-corrected chi connectivity index (χ2v) is 11.6. The Balaban J connectivity index is 1.77. The van der Waals surface area contributed by atoms with E-state index in [2.05, 4.69) is 20.9 Å². The standard InChI is InChI=1S/C29H40N4O7/c1-16(2)12-21(33-27(37)22-14-18-19(31-22)8-7-9-24(18)39-6)26(36)32-20(13-17-10-11-30-25(17)35)23(34)15-40-28(38)29(3,4)5/h7-9,14,16-17,20-21,31H,10-13,15H2,1-6H3,(H,30,35)(H,32,36)(H,33,37)/t17-,20-,21-/m0/s1. The third-order valence-electron chi connectivity index (χ3n) is 6.76. The lowest BCUT2D eigenvalue weighted by Gasteiger charge is -2.25. The zero-order valence-corrected chi connectivity index (χ0v) is 24.0. The van der Waals surface area contributed by atoms with Crippen molar-refractivity contribution in [1.29, 1.82) is 0 Å². The molecule has 0 radical (unpaired) electrons. The van der Waals surface area contributed by atoms with Crippen LogP contribution in [0.5, 0.6) is 5.75 Å². The normalized spacial score (nSPS) is 16.8. The van der Waals surface area contributed by atoms with Gasteiger partial charge in [-0.2, -0.15) is 0 Å². The molecule has 2 aromatic rings. The number of benzene rings is 1. The van der Waals surface area contributed by atoms with Gasteiger partial charge in [-0.25, -0.2) is 0 Å². The maximum absolute atomic E-state index is 13.5. The van der Waals surface area contributed by atoms with Crippen LogP contribution in [0.4, 0.5) is 0 Å². The summed E-state index contributed by atoms with van der Waals surface area (Å²) in [5.41, 5.74) is 0.161. The van der Waals surface area contributed by atoms with E-state index in [0.717, 1.165) is 5.39 Å². The molecular weight excluding hydrogens is 516 g/mol. The van der Waals surface area contributed by atoms with Gasteiger partial charge in [0.15, 0.2) is 12.4 Å². The fourth-order valence-corrected chi connectivity index (χ4v) is 4.52. The van der Waals surface area contributed by atoms with Crippen molar-refractivity contribution in [2.45, 2.75) is 66.0 Å². The number of hydrogen-bond acceptors (Lipinski definition) is 7. The Morgan fingerprint density at radius 2 is 1.82 bits per heavy atom. The van der Waals surface area contributed by atoms with E-state index in [-0.39, 0.29) is 23.9 Å². The predicted octanol–water partition coefficient (Wildman–Crippen LogP) is 2.49. The quantitative estimate of drug-likeness (QED) is 0.293. The molecule has 0 saturated carbocycles. The molecule has 0 aliphatic carbocycles. The van der Waals surface area contributed by atoms with Crippen LogP contribution >= 0.6 is 0 Å². The topological polar surface area (TPSA) is 156 Å². The summed E-state index contributed by atoms with van der Waals surface area (Å²) in [5, 5.41) is 8.97. The summed E-state index contributed by atoms with van der Waals surface area (Å²) in [6, 6.07) is 5.03. The Morgan fingerprint density at radius 3 is 2.42 bits per heavy atom. The van der Waals surface area contributed by atoms with Gasteiger partial charge >= 0.3 is 5.97 Å². The number of ether oxygens (including phenoxy) is 2. The Kier molecular flexibility index (Phi) is 9.94. The van der Waals surface area contributed by atoms with Crippen molar-refractivity contribution in [2.24, 2.45) is 17.3 Å². The Hall–Kier alpha value is -3.89. The van der Waals surface area contributed by atoms with Gasteiger partial charge in [0, 0.05) is 23.4 Å². The van der Waals surface area contributed by atoms with Crippen LogP contribution < -0.4 is 20.7 Å². The number of carbonyl (C=O) groups is 5. The molecule has 3 rings (SSSR count). The Labute approximate surface area is 234 Å². The number of ketones is 1. The number of fused-ring (bicyclic) bond motifs is 1. The first-order valence-electron chi connectivity index (χ1n) is 13.5. The van der Waals surface area contributed by atoms with Gasteiger partial charge in [0.1, 0.15) is 17.5 Å². The summed E-state index contributed by atoms with van der Waals surface area (Å²) in [5.74, 6) is -2.14. The van der Waals surface area contributed by atoms with Crippen LogP contribution in [0.1, 0.15) is 64.4 Å². The van der Waals surface area contributed by atoms with Crippen LogP contribution in [-0.2, 0) is 23.9 Å². The number of aromatic nitrogens is 1. The maximum atomic E-state index is 13.5. The predicted molar refractivity (Wildman–Crippen MR) is 149 cm³/mol. The molecule has 1 fully saturated rings. The molecule has 11 heteroatoms. The van der Waals surface area contributed by atoms with E-state index in [1.165, 1.54) is 0 Å². The number of amides is 3. The second-order valence-electron chi connectivity index (χ2n) is 11.6. The van der Waals surface area contributed by atoms with Crippen LogP contribution in [-0.4, -0.2) is 66.8 Å². The fraction of sp³-hybridized carbons (Fsp3) is 0.552. The minimum absolute atomic E-state index is 0.0429. The number of hydrogen-bond donors (Lipinski definition) is 4. The number of Topliss-reactive ketones (excluding diaryl/α,β-unsaturated/α-hetero) is 1. The SMILES string of the molecule is COc1cccc2[nH]c(C(=O)N[C@@H](CC(C)C)C(=O)N[C@@H](C[C@@H]3CCNC3=O)C(=O)COC(=O)C(C)(C)C)cc12. The fourth-order valence-electron chi connectivity index (χ4n) is 4.52. The summed E-state index contributed by atoms with van der Waals surface area (Å²) in [6.07, 6.45) is 0.898. The minimum Gasteiger partial charge on any atom is -0.496 e. The van der Waals surface area contributed by atoms with Gasteiger partial charge in [-0.1, -0.05) is 19.9 Å². The third-order valence-corrected chi connectivity index (χ3v) is 6.76. The van der Waals surface area contributed by atoms with E-state index >= 15 is 0 Å². The maximum Gasteiger partial charge on any atom is 0.311 e. The molecule has 40 heavy (non-hydrogen) atoms. The number of esters is 1. The summed E-state index contributed by atoms with van der Waals surface area (Å²) in [6.45, 7) is 8.79. The average molecular weight is 557 g/mol. The molecule has 4 N–H and O–H groups in total. The molecule has 1 aromatic heterocycles. The molecule has 11 nitrogen and oxygen atoms in total. The van der Waals surface area contributed by atoms with Crippen molar-refractivity contribution in [1.82, 2.24) is 20.9 Å². The van der Waals surface area contributed by atoms with Gasteiger partial charge < -0.3 is 30.4 Å². The number of aromatic amines is 1. The van der Waals surface area contributed by atoms with E-state index in [0.29, 0.717) is 30.7 Å². The average Bonchev–Trinajstić information content (AvgIpc) is 3.51. The molecule has 2 heterocycles. The Bertz CT molecular complexity index is 1260. The zero-order chi connectivity index (χ0) is 29.6. The van der Waals surface area contributed by atoms with Crippen molar-refractivity contribution < 1.29 is 33.4 Å². The highest BCUT2D eigenvalue weighted by Gasteiger charge is 2.34. The van der Waals surface area contributed by atoms with E-state index < -0.39 is 53.6 Å². The number of rotatable bonds is 12. The summed E-state index contributed by atoms with van der Waals surface area (Å²) >= 11 is 0. The second kappa shape index (κ2) is 13.0. The lowest BCUT2D eigenvalue weighted by Crippen LogP contribution is -2.53. The van der Waals surface area contributed by atoms with Crippen molar-refractivity contribution in [3.05, 3.63) is 30.0 Å². The molecule has 1 aromatic carbocycles. The molecule has 1 saturated heterocycles. The van der Waals surface area contributed by atoms with Gasteiger partial charge in [-0.3, -0.25) is 24.0 Å². The van der Waals surface area contributed by atoms with E-state index in [4.69, 9.17) is 9.47 Å². The molecule has 0 unspecified atom stereocenters. The molecule has 0 bridgehead atoms. The first-order valence-corrected chi connectivity index (χ1v) is 13.5. The first kappa shape index (κ1) is 30.6.